The normalized spacial score (nSPS) is 3.56. The standard InChI is InChI=1S/C9H4/c1-3-5-7-9-8-6-4-2/h1H,2H3. The molecule has 0 rings (SSSR count). The smallest absolute Gasteiger partial charge is 0.0000348 e. The lowest BCUT2D eigenvalue weighted by Gasteiger charge is -1.52. The number of rotatable bonds is 0. The highest BCUT2D eigenvalue weighted by atomic mass is 13.5. The molecule has 0 saturated carbocycles. The summed E-state index contributed by atoms with van der Waals surface area (Å²) in [6.07, 6.45) is 4.82. The van der Waals surface area contributed by atoms with Gasteiger partial charge in [0.2, 0.25) is 0 Å². The maximum absolute atomic E-state index is 4.82. The fourth-order valence-corrected chi connectivity index (χ4v) is 0.192. The third-order valence-electron chi connectivity index (χ3n) is 0.447. The van der Waals surface area contributed by atoms with Gasteiger partial charge in [-0.05, 0) is 42.4 Å². The largest absolute Gasteiger partial charge is 0.106 e. The van der Waals surface area contributed by atoms with Crippen LogP contribution in [0.4, 0.5) is 0 Å². The van der Waals surface area contributed by atoms with Gasteiger partial charge in [-0.2, -0.15) is 0 Å². The van der Waals surface area contributed by atoms with Crippen LogP contribution in [0.5, 0.6) is 0 Å². The van der Waals surface area contributed by atoms with E-state index in [4.69, 9.17) is 6.42 Å². The molecule has 0 heteroatoms. The van der Waals surface area contributed by atoms with Crippen molar-refractivity contribution in [3.63, 3.8) is 0 Å². The highest BCUT2D eigenvalue weighted by Crippen LogP contribution is 1.52. The van der Waals surface area contributed by atoms with Crippen LogP contribution in [0.15, 0.2) is 0 Å². The first-order valence-electron chi connectivity index (χ1n) is 2.29. The highest BCUT2D eigenvalue weighted by Gasteiger charge is 1.50. The van der Waals surface area contributed by atoms with Crippen LogP contribution < -0.4 is 0 Å². The van der Waals surface area contributed by atoms with Crippen molar-refractivity contribution in [2.75, 3.05) is 0 Å². The van der Waals surface area contributed by atoms with Gasteiger partial charge in [0.05, 0.1) is 0 Å². The molecular weight excluding hydrogens is 108 g/mol. The molecule has 0 aliphatic carbocycles. The highest BCUT2D eigenvalue weighted by molar-refractivity contribution is 5.38. The number of hydrogen-bond acceptors (Lipinski definition) is 0. The van der Waals surface area contributed by atoms with Gasteiger partial charge in [-0.3, -0.25) is 0 Å². The molecular formula is C9H4. The lowest BCUT2D eigenvalue weighted by Crippen LogP contribution is -1.50. The molecule has 0 amide bonds. The van der Waals surface area contributed by atoms with Crippen molar-refractivity contribution in [3.8, 4) is 47.9 Å². The van der Waals surface area contributed by atoms with E-state index in [9.17, 15) is 0 Å². The zero-order chi connectivity index (χ0) is 6.95. The van der Waals surface area contributed by atoms with Gasteiger partial charge in [-0.1, -0.05) is 5.92 Å². The summed E-state index contributed by atoms with van der Waals surface area (Å²) in [6, 6.07) is 0. The molecule has 0 atom stereocenters. The summed E-state index contributed by atoms with van der Waals surface area (Å²) >= 11 is 0. The van der Waals surface area contributed by atoms with E-state index in [1.807, 2.05) is 0 Å². The topological polar surface area (TPSA) is 0 Å². The second-order valence-corrected chi connectivity index (χ2v) is 1.02. The fraction of sp³-hybridized carbons (Fsp3) is 0.111. The first-order chi connectivity index (χ1) is 4.41. The lowest BCUT2D eigenvalue weighted by atomic mass is 10.5. The third kappa shape index (κ3) is 6.24. The quantitative estimate of drug-likeness (QED) is 0.403. The molecule has 0 aromatic rings. The molecule has 0 unspecified atom stereocenters. The second-order valence-electron chi connectivity index (χ2n) is 1.02. The number of terminal acetylenes is 1. The molecule has 0 aliphatic rings. The summed E-state index contributed by atoms with van der Waals surface area (Å²) in [5, 5.41) is 0. The molecule has 9 heavy (non-hydrogen) atoms. The molecule has 0 aromatic carbocycles. The van der Waals surface area contributed by atoms with Crippen LogP contribution in [-0.4, -0.2) is 0 Å². The summed E-state index contributed by atoms with van der Waals surface area (Å²) in [4.78, 5) is 0. The predicted octanol–water partition coefficient (Wildman–Crippen LogP) is 0.650. The predicted molar refractivity (Wildman–Crippen MR) is 37.8 cm³/mol. The Morgan fingerprint density at radius 2 is 1.44 bits per heavy atom. The summed E-state index contributed by atoms with van der Waals surface area (Å²) in [7, 11) is 0. The molecule has 0 nitrogen and oxygen atoms in total. The van der Waals surface area contributed by atoms with Crippen molar-refractivity contribution >= 4 is 0 Å². The van der Waals surface area contributed by atoms with Gasteiger partial charge >= 0.3 is 0 Å². The maximum atomic E-state index is 4.82. The molecule has 0 radical (unpaired) electrons. The van der Waals surface area contributed by atoms with E-state index in [0.717, 1.165) is 0 Å². The van der Waals surface area contributed by atoms with Gasteiger partial charge in [0, 0.05) is 0 Å². The Kier molecular flexibility index (Phi) is 5.02. The second kappa shape index (κ2) is 6.24. The minimum Gasteiger partial charge on any atom is -0.106 e. The SMILES string of the molecule is C#CC#CC#CC#CC. The molecule has 0 spiro atoms. The first-order valence-corrected chi connectivity index (χ1v) is 2.29. The summed E-state index contributed by atoms with van der Waals surface area (Å²) in [6.45, 7) is 1.71. The van der Waals surface area contributed by atoms with E-state index in [1.165, 1.54) is 0 Å². The van der Waals surface area contributed by atoms with Gasteiger partial charge < -0.3 is 0 Å². The Morgan fingerprint density at radius 1 is 0.889 bits per heavy atom. The van der Waals surface area contributed by atoms with Gasteiger partial charge in [0.1, 0.15) is 0 Å². The minimum absolute atomic E-state index is 1.71. The molecule has 40 valence electrons. The third-order valence-corrected chi connectivity index (χ3v) is 0.447. The summed E-state index contributed by atoms with van der Waals surface area (Å²) < 4.78 is 0. The van der Waals surface area contributed by atoms with Crippen LogP contribution in [0.1, 0.15) is 6.92 Å². The van der Waals surface area contributed by atoms with E-state index in [1.54, 1.807) is 6.92 Å². The Balaban J connectivity index is 3.90. The molecule has 0 bridgehead atoms. The van der Waals surface area contributed by atoms with Crippen LogP contribution in [0.2, 0.25) is 0 Å². The zero-order valence-corrected chi connectivity index (χ0v) is 5.08. The van der Waals surface area contributed by atoms with Crippen molar-refractivity contribution in [1.82, 2.24) is 0 Å². The molecule has 0 fully saturated rings. The maximum Gasteiger partial charge on any atom is -0.0000348 e. The average Bonchev–Trinajstić information content (AvgIpc) is 1.89. The average molecular weight is 112 g/mol. The summed E-state index contributed by atoms with van der Waals surface area (Å²) in [5.41, 5.74) is 0. The van der Waals surface area contributed by atoms with Crippen molar-refractivity contribution < 1.29 is 0 Å². The monoisotopic (exact) mass is 112 g/mol. The minimum atomic E-state index is 1.71. The van der Waals surface area contributed by atoms with Crippen LogP contribution in [-0.2, 0) is 0 Å². The molecule has 0 heterocycles. The van der Waals surface area contributed by atoms with E-state index in [-0.39, 0.29) is 0 Å². The molecule has 0 saturated heterocycles. The van der Waals surface area contributed by atoms with E-state index in [2.05, 4.69) is 41.4 Å². The van der Waals surface area contributed by atoms with Crippen LogP contribution >= 0.6 is 0 Å². The zero-order valence-electron chi connectivity index (χ0n) is 5.08. The first kappa shape index (κ1) is 7.24. The Morgan fingerprint density at radius 3 is 2.00 bits per heavy atom. The Bertz CT molecular complexity index is 281. The van der Waals surface area contributed by atoms with Gasteiger partial charge in [-0.15, -0.1) is 6.42 Å². The molecule has 0 N–H and O–H groups in total. The van der Waals surface area contributed by atoms with Crippen LogP contribution in [0, 0.1) is 47.9 Å². The fourth-order valence-electron chi connectivity index (χ4n) is 0.192. The van der Waals surface area contributed by atoms with Crippen LogP contribution in [0.25, 0.3) is 0 Å². The van der Waals surface area contributed by atoms with E-state index < -0.39 is 0 Å². The number of hydrogen-bond donors (Lipinski definition) is 0. The Hall–Kier alpha value is -1.76. The molecule has 0 aromatic heterocycles. The van der Waals surface area contributed by atoms with Crippen molar-refractivity contribution in [1.29, 1.82) is 0 Å². The Labute approximate surface area is 55.7 Å². The molecule has 0 aliphatic heterocycles. The van der Waals surface area contributed by atoms with Crippen LogP contribution in [0.3, 0.4) is 0 Å². The van der Waals surface area contributed by atoms with Gasteiger partial charge in [0.25, 0.3) is 0 Å². The van der Waals surface area contributed by atoms with Crippen molar-refractivity contribution in [2.24, 2.45) is 0 Å². The lowest BCUT2D eigenvalue weighted by molar-refractivity contribution is 1.92. The van der Waals surface area contributed by atoms with E-state index in [0.29, 0.717) is 0 Å². The van der Waals surface area contributed by atoms with Crippen molar-refractivity contribution in [2.45, 2.75) is 6.92 Å². The summed E-state index contributed by atoms with van der Waals surface area (Å²) in [5.74, 6) is 17.0. The van der Waals surface area contributed by atoms with E-state index >= 15 is 0 Å². The van der Waals surface area contributed by atoms with Gasteiger partial charge in [0.15, 0.2) is 0 Å². The van der Waals surface area contributed by atoms with Gasteiger partial charge in [-0.25, -0.2) is 0 Å². The van der Waals surface area contributed by atoms with Crippen molar-refractivity contribution in [3.05, 3.63) is 0 Å².